The van der Waals surface area contributed by atoms with E-state index in [1.165, 1.54) is 5.56 Å². The maximum Gasteiger partial charge on any atom is 0.191 e. The normalized spacial score (nSPS) is 12.9. The van der Waals surface area contributed by atoms with E-state index in [2.05, 4.69) is 34.5 Å². The molecular formula is C14H20ClN3S. The average Bonchev–Trinajstić information content (AvgIpc) is 2.43. The number of aliphatic imine (C=N–C) groups is 1. The SMILES string of the molecule is C=CCNC(=NC)NCC(SC)c1cccc(Cl)c1. The van der Waals surface area contributed by atoms with Gasteiger partial charge in [0.15, 0.2) is 5.96 Å². The summed E-state index contributed by atoms with van der Waals surface area (Å²) in [5.41, 5.74) is 1.21. The standard InChI is InChI=1S/C14H20ClN3S/c1-4-8-17-14(16-2)18-10-13(19-3)11-6-5-7-12(15)9-11/h4-7,9,13H,1,8,10H2,2-3H3,(H2,16,17,18). The summed E-state index contributed by atoms with van der Waals surface area (Å²) in [5, 5.41) is 7.55. The van der Waals surface area contributed by atoms with Crippen molar-refractivity contribution in [1.82, 2.24) is 10.6 Å². The lowest BCUT2D eigenvalue weighted by atomic mass is 10.1. The first-order valence-electron chi connectivity index (χ1n) is 6.05. The van der Waals surface area contributed by atoms with Crippen LogP contribution in [-0.4, -0.2) is 32.4 Å². The van der Waals surface area contributed by atoms with Crippen molar-refractivity contribution in [3.63, 3.8) is 0 Å². The van der Waals surface area contributed by atoms with Crippen molar-refractivity contribution in [1.29, 1.82) is 0 Å². The molecule has 0 amide bonds. The summed E-state index contributed by atoms with van der Waals surface area (Å²) in [6.07, 6.45) is 3.89. The molecule has 1 rings (SSSR count). The second-order valence-corrected chi connectivity index (χ2v) is 5.38. The van der Waals surface area contributed by atoms with Gasteiger partial charge in [-0.2, -0.15) is 11.8 Å². The summed E-state index contributed by atoms with van der Waals surface area (Å²) in [6, 6.07) is 7.96. The molecule has 1 aromatic carbocycles. The topological polar surface area (TPSA) is 36.4 Å². The number of benzene rings is 1. The first-order valence-corrected chi connectivity index (χ1v) is 7.71. The molecule has 0 aliphatic carbocycles. The summed E-state index contributed by atoms with van der Waals surface area (Å²) in [7, 11) is 1.76. The van der Waals surface area contributed by atoms with Crippen LogP contribution in [0.15, 0.2) is 41.9 Å². The van der Waals surface area contributed by atoms with E-state index in [-0.39, 0.29) is 0 Å². The van der Waals surface area contributed by atoms with Crippen molar-refractivity contribution in [2.24, 2.45) is 4.99 Å². The number of halogens is 1. The number of hydrogen-bond acceptors (Lipinski definition) is 2. The second-order valence-electron chi connectivity index (χ2n) is 3.90. The van der Waals surface area contributed by atoms with E-state index in [9.17, 15) is 0 Å². The van der Waals surface area contributed by atoms with Crippen LogP contribution < -0.4 is 10.6 Å². The van der Waals surface area contributed by atoms with Gasteiger partial charge < -0.3 is 10.6 Å². The summed E-state index contributed by atoms with van der Waals surface area (Å²) in [4.78, 5) is 4.15. The Morgan fingerprint density at radius 2 is 2.32 bits per heavy atom. The Kier molecular flexibility index (Phi) is 7.45. The van der Waals surface area contributed by atoms with E-state index < -0.39 is 0 Å². The fraction of sp³-hybridized carbons (Fsp3) is 0.357. The van der Waals surface area contributed by atoms with Gasteiger partial charge in [-0.1, -0.05) is 29.8 Å². The van der Waals surface area contributed by atoms with Gasteiger partial charge in [-0.05, 0) is 24.0 Å². The number of hydrogen-bond donors (Lipinski definition) is 2. The molecule has 0 aliphatic rings. The molecule has 0 fully saturated rings. The number of thioether (sulfide) groups is 1. The van der Waals surface area contributed by atoms with Gasteiger partial charge in [0.2, 0.25) is 0 Å². The van der Waals surface area contributed by atoms with E-state index in [4.69, 9.17) is 11.6 Å². The molecule has 0 aromatic heterocycles. The van der Waals surface area contributed by atoms with E-state index in [0.29, 0.717) is 11.8 Å². The predicted molar refractivity (Wildman–Crippen MR) is 87.3 cm³/mol. The largest absolute Gasteiger partial charge is 0.355 e. The number of nitrogens with one attached hydrogen (secondary N) is 2. The predicted octanol–water partition coefficient (Wildman–Crippen LogP) is 3.10. The molecular weight excluding hydrogens is 278 g/mol. The van der Waals surface area contributed by atoms with Crippen molar-refractivity contribution < 1.29 is 0 Å². The third-order valence-electron chi connectivity index (χ3n) is 2.60. The monoisotopic (exact) mass is 297 g/mol. The fourth-order valence-electron chi connectivity index (χ4n) is 1.62. The molecule has 0 bridgehead atoms. The van der Waals surface area contributed by atoms with Gasteiger partial charge in [-0.3, -0.25) is 4.99 Å². The molecule has 1 atom stereocenters. The third kappa shape index (κ3) is 5.57. The fourth-order valence-corrected chi connectivity index (χ4v) is 2.49. The van der Waals surface area contributed by atoms with Crippen LogP contribution in [0.4, 0.5) is 0 Å². The second kappa shape index (κ2) is 8.88. The minimum Gasteiger partial charge on any atom is -0.355 e. The van der Waals surface area contributed by atoms with Crippen LogP contribution in [0.2, 0.25) is 5.02 Å². The molecule has 1 aromatic rings. The Morgan fingerprint density at radius 3 is 2.89 bits per heavy atom. The molecule has 19 heavy (non-hydrogen) atoms. The zero-order chi connectivity index (χ0) is 14.1. The van der Waals surface area contributed by atoms with Crippen LogP contribution >= 0.6 is 23.4 Å². The van der Waals surface area contributed by atoms with Gasteiger partial charge in [0.05, 0.1) is 0 Å². The average molecular weight is 298 g/mol. The van der Waals surface area contributed by atoms with Crippen molar-refractivity contribution in [2.45, 2.75) is 5.25 Å². The van der Waals surface area contributed by atoms with Crippen LogP contribution in [0.25, 0.3) is 0 Å². The van der Waals surface area contributed by atoms with E-state index in [1.807, 2.05) is 18.2 Å². The number of rotatable bonds is 6. The molecule has 0 spiro atoms. The summed E-state index contributed by atoms with van der Waals surface area (Å²) < 4.78 is 0. The molecule has 0 saturated carbocycles. The summed E-state index contributed by atoms with van der Waals surface area (Å²) in [6.45, 7) is 5.16. The van der Waals surface area contributed by atoms with Crippen molar-refractivity contribution >= 4 is 29.3 Å². The molecule has 0 saturated heterocycles. The van der Waals surface area contributed by atoms with Gasteiger partial charge in [-0.15, -0.1) is 6.58 Å². The Labute approximate surface area is 124 Å². The minimum absolute atomic E-state index is 0.334. The molecule has 0 radical (unpaired) electrons. The highest BCUT2D eigenvalue weighted by atomic mass is 35.5. The van der Waals surface area contributed by atoms with Crippen LogP contribution in [0, 0.1) is 0 Å². The van der Waals surface area contributed by atoms with Crippen molar-refractivity contribution in [3.8, 4) is 0 Å². The highest BCUT2D eigenvalue weighted by Crippen LogP contribution is 2.27. The molecule has 5 heteroatoms. The van der Waals surface area contributed by atoms with Gasteiger partial charge in [0.1, 0.15) is 0 Å². The maximum atomic E-state index is 6.03. The zero-order valence-electron chi connectivity index (χ0n) is 11.3. The van der Waals surface area contributed by atoms with Crippen molar-refractivity contribution in [2.75, 3.05) is 26.4 Å². The smallest absolute Gasteiger partial charge is 0.191 e. The first kappa shape index (κ1) is 15.9. The lowest BCUT2D eigenvalue weighted by Crippen LogP contribution is -2.38. The Bertz CT molecular complexity index is 434. The van der Waals surface area contributed by atoms with Crippen LogP contribution in [0.1, 0.15) is 10.8 Å². The summed E-state index contributed by atoms with van der Waals surface area (Å²) >= 11 is 7.81. The Balaban J connectivity index is 2.60. The molecule has 2 N–H and O–H groups in total. The van der Waals surface area contributed by atoms with Crippen LogP contribution in [-0.2, 0) is 0 Å². The zero-order valence-corrected chi connectivity index (χ0v) is 12.9. The van der Waals surface area contributed by atoms with E-state index >= 15 is 0 Å². The van der Waals surface area contributed by atoms with Gasteiger partial charge >= 0.3 is 0 Å². The number of guanidine groups is 1. The van der Waals surface area contributed by atoms with E-state index in [0.717, 1.165) is 17.5 Å². The number of nitrogens with zero attached hydrogens (tertiary/aromatic N) is 1. The minimum atomic E-state index is 0.334. The van der Waals surface area contributed by atoms with Gasteiger partial charge in [-0.25, -0.2) is 0 Å². The molecule has 104 valence electrons. The van der Waals surface area contributed by atoms with Crippen LogP contribution in [0.3, 0.4) is 0 Å². The molecule has 1 unspecified atom stereocenters. The highest BCUT2D eigenvalue weighted by molar-refractivity contribution is 7.98. The molecule has 0 aliphatic heterocycles. The van der Waals surface area contributed by atoms with Crippen LogP contribution in [0.5, 0.6) is 0 Å². The van der Waals surface area contributed by atoms with E-state index in [1.54, 1.807) is 24.9 Å². The maximum absolute atomic E-state index is 6.03. The molecule has 0 heterocycles. The third-order valence-corrected chi connectivity index (χ3v) is 3.84. The lowest BCUT2D eigenvalue weighted by molar-refractivity contribution is 0.810. The quantitative estimate of drug-likeness (QED) is 0.481. The highest BCUT2D eigenvalue weighted by Gasteiger charge is 2.11. The Morgan fingerprint density at radius 1 is 1.53 bits per heavy atom. The van der Waals surface area contributed by atoms with Gasteiger partial charge in [0, 0.05) is 30.4 Å². The van der Waals surface area contributed by atoms with Gasteiger partial charge in [0.25, 0.3) is 0 Å². The summed E-state index contributed by atoms with van der Waals surface area (Å²) in [5.74, 6) is 0.779. The van der Waals surface area contributed by atoms with Crippen molar-refractivity contribution in [3.05, 3.63) is 47.5 Å². The lowest BCUT2D eigenvalue weighted by Gasteiger charge is -2.18. The Hall–Kier alpha value is -1.13. The molecule has 3 nitrogen and oxygen atoms in total. The first-order chi connectivity index (χ1) is 9.21.